The maximum Gasteiger partial charge on any atom is 0.351 e. The van der Waals surface area contributed by atoms with E-state index in [9.17, 15) is 24.2 Å². The van der Waals surface area contributed by atoms with E-state index in [0.717, 1.165) is 27.4 Å². The van der Waals surface area contributed by atoms with Crippen molar-refractivity contribution in [2.45, 2.75) is 36.7 Å². The van der Waals surface area contributed by atoms with E-state index >= 15 is 0 Å². The molecule has 1 aliphatic heterocycles. The van der Waals surface area contributed by atoms with Crippen LogP contribution in [-0.2, 0) is 20.7 Å². The molecule has 1 fully saturated rings. The number of esters is 1. The number of methoxy groups -OCH3 is 1. The fraction of sp³-hybridized carbons (Fsp3) is 0.381. The Hall–Kier alpha value is -3.97. The van der Waals surface area contributed by atoms with Crippen molar-refractivity contribution in [1.82, 2.24) is 14.5 Å². The second-order valence-corrected chi connectivity index (χ2v) is 7.90. The third-order valence-electron chi connectivity index (χ3n) is 5.72. The number of hydrogen-bond acceptors (Lipinski definition) is 9. The molecule has 0 saturated carbocycles. The van der Waals surface area contributed by atoms with Gasteiger partial charge in [0.05, 0.1) is 13.7 Å². The number of H-pyrrole nitrogens is 1. The predicted molar refractivity (Wildman–Crippen MR) is 120 cm³/mol. The van der Waals surface area contributed by atoms with Gasteiger partial charge >= 0.3 is 11.7 Å². The molecule has 13 nitrogen and oxygen atoms in total. The summed E-state index contributed by atoms with van der Waals surface area (Å²) < 4.78 is 25.6. The number of halogens is 1. The van der Waals surface area contributed by atoms with Gasteiger partial charge in [-0.25, -0.2) is 14.0 Å². The molecule has 0 unspecified atom stereocenters. The topological polar surface area (TPSA) is 187 Å². The van der Waals surface area contributed by atoms with E-state index in [1.54, 1.807) is 0 Å². The number of nitrogens with zero attached hydrogens (tertiary/aromatic N) is 5. The summed E-state index contributed by atoms with van der Waals surface area (Å²) in [4.78, 5) is 34.5. The number of aliphatic hydroxyl groups excluding tert-OH is 2. The van der Waals surface area contributed by atoms with Crippen molar-refractivity contribution >= 4 is 22.7 Å². The monoisotopic (exact) mass is 487 g/mol. The molecule has 4 N–H and O–H groups in total. The number of aromatic nitrogens is 3. The van der Waals surface area contributed by atoms with E-state index < -0.39 is 48.5 Å². The van der Waals surface area contributed by atoms with Gasteiger partial charge in [0.15, 0.2) is 12.4 Å². The molecule has 35 heavy (non-hydrogen) atoms. The summed E-state index contributed by atoms with van der Waals surface area (Å²) in [5.41, 5.74) is 7.05. The molecule has 0 bridgehead atoms. The minimum absolute atomic E-state index is 0.00943. The number of aliphatic hydroxyl groups is 2. The van der Waals surface area contributed by atoms with E-state index in [-0.39, 0.29) is 12.2 Å². The Labute approximate surface area is 196 Å². The Morgan fingerprint density at radius 2 is 2.26 bits per heavy atom. The lowest BCUT2D eigenvalue weighted by atomic mass is 10.1. The molecule has 2 aromatic heterocycles. The number of carbonyl (C=O) groups is 1. The fourth-order valence-corrected chi connectivity index (χ4v) is 3.94. The smallest absolute Gasteiger partial charge is 0.351 e. The zero-order chi connectivity index (χ0) is 25.2. The van der Waals surface area contributed by atoms with E-state index in [0.29, 0.717) is 0 Å². The summed E-state index contributed by atoms with van der Waals surface area (Å²) in [6, 6.07) is 9.88. The van der Waals surface area contributed by atoms with Gasteiger partial charge in [0.25, 0.3) is 0 Å². The highest BCUT2D eigenvalue weighted by molar-refractivity contribution is 5.82. The summed E-state index contributed by atoms with van der Waals surface area (Å²) in [6.45, 7) is -1.01. The number of fused-ring (bicyclic) bond motifs is 1. The zero-order valence-electron chi connectivity index (χ0n) is 18.4. The number of aromatic amines is 1. The van der Waals surface area contributed by atoms with E-state index in [2.05, 4.69) is 25.3 Å². The zero-order valence-corrected chi connectivity index (χ0v) is 18.4. The predicted octanol–water partition coefficient (Wildman–Crippen LogP) is 1.15. The number of azide groups is 1. The highest BCUT2D eigenvalue weighted by Gasteiger charge is 2.56. The average Bonchev–Trinajstić information content (AvgIpc) is 3.37. The normalized spacial score (nSPS) is 24.6. The molecule has 14 heteroatoms. The first-order chi connectivity index (χ1) is 16.8. The molecule has 1 saturated heterocycles. The first-order valence-corrected chi connectivity index (χ1v) is 10.5. The molecule has 0 amide bonds. The van der Waals surface area contributed by atoms with Gasteiger partial charge in [-0.1, -0.05) is 23.3 Å². The number of rotatable bonds is 8. The summed E-state index contributed by atoms with van der Waals surface area (Å²) in [6.07, 6.45) is -4.59. The van der Waals surface area contributed by atoms with Crippen molar-refractivity contribution in [2.75, 3.05) is 19.0 Å². The van der Waals surface area contributed by atoms with Crippen LogP contribution >= 0.6 is 0 Å². The van der Waals surface area contributed by atoms with Crippen LogP contribution in [0.25, 0.3) is 21.3 Å². The second kappa shape index (κ2) is 9.72. The van der Waals surface area contributed by atoms with Gasteiger partial charge in [0, 0.05) is 28.7 Å². The maximum atomic E-state index is 14.7. The molecular weight excluding hydrogens is 465 g/mol. The van der Waals surface area contributed by atoms with Gasteiger partial charge in [0.1, 0.15) is 18.0 Å². The highest BCUT2D eigenvalue weighted by Crippen LogP contribution is 2.39. The number of anilines is 1. The molecule has 184 valence electrons. The van der Waals surface area contributed by atoms with Crippen LogP contribution in [0.3, 0.4) is 0 Å². The molecule has 1 aromatic carbocycles. The fourth-order valence-electron chi connectivity index (χ4n) is 3.94. The van der Waals surface area contributed by atoms with Crippen LogP contribution in [-0.4, -0.2) is 68.5 Å². The molecule has 0 spiro atoms. The maximum absolute atomic E-state index is 14.7. The molecule has 5 atom stereocenters. The molecule has 3 aromatic rings. The van der Waals surface area contributed by atoms with Crippen LogP contribution in [0.2, 0.25) is 0 Å². The second-order valence-electron chi connectivity index (χ2n) is 7.90. The van der Waals surface area contributed by atoms with Crippen molar-refractivity contribution in [3.63, 3.8) is 0 Å². The Bertz CT molecular complexity index is 1310. The van der Waals surface area contributed by atoms with Crippen molar-refractivity contribution in [3.8, 4) is 0 Å². The van der Waals surface area contributed by atoms with Crippen LogP contribution in [0.15, 0.2) is 52.5 Å². The van der Waals surface area contributed by atoms with Crippen LogP contribution in [0.1, 0.15) is 11.9 Å². The van der Waals surface area contributed by atoms with Gasteiger partial charge in [-0.15, -0.1) is 0 Å². The Kier molecular flexibility index (Phi) is 6.71. The molecular formula is C21H22FN7O6. The van der Waals surface area contributed by atoms with Crippen LogP contribution < -0.4 is 11.0 Å². The average molecular weight is 487 g/mol. The number of nitrogens with one attached hydrogen (secondary N) is 2. The summed E-state index contributed by atoms with van der Waals surface area (Å²) in [5.74, 6) is -0.585. The largest absolute Gasteiger partial charge is 0.467 e. The standard InChI is InChI=1S/C21H22FN7O6/c1-34-19(32)14(9-12-8-11-4-2-3-5-13(11)24-12)25-15-6-7-29(20(33)26-15)18-16(22)17(31)21(10-30,35-18)27-28-23/h2-8,14,16-18,24,30-31H,9-10H2,1H3,(H,25,26,33)/t14-,16-,17-,18+,21+/m0/s1. The van der Waals surface area contributed by atoms with Crippen molar-refractivity contribution in [2.24, 2.45) is 5.11 Å². The van der Waals surface area contributed by atoms with Crippen molar-refractivity contribution in [3.05, 3.63) is 69.2 Å². The molecule has 3 heterocycles. The van der Waals surface area contributed by atoms with Gasteiger partial charge in [-0.2, -0.15) is 4.98 Å². The van der Waals surface area contributed by atoms with Crippen molar-refractivity contribution in [1.29, 1.82) is 0 Å². The van der Waals surface area contributed by atoms with Gasteiger partial charge < -0.3 is 30.0 Å². The molecule has 4 rings (SSSR count). The number of para-hydroxylation sites is 1. The van der Waals surface area contributed by atoms with E-state index in [1.807, 2.05) is 30.3 Å². The minimum atomic E-state index is -2.29. The first-order valence-electron chi connectivity index (χ1n) is 10.5. The minimum Gasteiger partial charge on any atom is -0.467 e. The highest BCUT2D eigenvalue weighted by atomic mass is 19.1. The summed E-state index contributed by atoms with van der Waals surface area (Å²) in [5, 5.41) is 26.5. The molecule has 0 radical (unpaired) electrons. The van der Waals surface area contributed by atoms with Gasteiger partial charge in [0.2, 0.25) is 5.72 Å². The lowest BCUT2D eigenvalue weighted by molar-refractivity contribution is -0.141. The number of hydrogen-bond donors (Lipinski definition) is 4. The van der Waals surface area contributed by atoms with Gasteiger partial charge in [-0.05, 0) is 29.1 Å². The Balaban J connectivity index is 1.56. The SMILES string of the molecule is COC(=O)[C@H](Cc1cc2ccccc2[nH]1)Nc1ccn([C@@H]2O[C@@](CO)(N=[N+]=[N-])[C@@H](O)[C@@H]2F)c(=O)n1. The van der Waals surface area contributed by atoms with Crippen molar-refractivity contribution < 1.29 is 28.9 Å². The third-order valence-corrected chi connectivity index (χ3v) is 5.72. The number of ether oxygens (including phenoxy) is 2. The summed E-state index contributed by atoms with van der Waals surface area (Å²) >= 11 is 0. The van der Waals surface area contributed by atoms with Crippen LogP contribution in [0, 0.1) is 0 Å². The van der Waals surface area contributed by atoms with Crippen LogP contribution in [0.4, 0.5) is 10.2 Å². The molecule has 0 aliphatic carbocycles. The summed E-state index contributed by atoms with van der Waals surface area (Å²) in [7, 11) is 1.23. The third kappa shape index (κ3) is 4.55. The quantitative estimate of drug-likeness (QED) is 0.158. The Morgan fingerprint density at radius 3 is 2.91 bits per heavy atom. The van der Waals surface area contributed by atoms with Crippen LogP contribution in [0.5, 0.6) is 0 Å². The van der Waals surface area contributed by atoms with E-state index in [4.69, 9.17) is 15.0 Å². The number of carbonyl (C=O) groups excluding carboxylic acids is 1. The molecule has 1 aliphatic rings. The first kappa shape index (κ1) is 24.2. The Morgan fingerprint density at radius 1 is 1.49 bits per heavy atom. The number of benzene rings is 1. The lowest BCUT2D eigenvalue weighted by Crippen LogP contribution is -2.43. The number of alkyl halides is 1. The van der Waals surface area contributed by atoms with Gasteiger partial charge in [-0.3, -0.25) is 4.57 Å². The lowest BCUT2D eigenvalue weighted by Gasteiger charge is -2.23. The van der Waals surface area contributed by atoms with E-state index in [1.165, 1.54) is 13.2 Å².